The Kier molecular flexibility index (Phi) is 3.84. The van der Waals surface area contributed by atoms with Gasteiger partial charge in [-0.25, -0.2) is 0 Å². The van der Waals surface area contributed by atoms with Crippen LogP contribution in [0.4, 0.5) is 0 Å². The van der Waals surface area contributed by atoms with Crippen molar-refractivity contribution in [3.63, 3.8) is 0 Å². The van der Waals surface area contributed by atoms with E-state index in [0.29, 0.717) is 0 Å². The van der Waals surface area contributed by atoms with Crippen LogP contribution in [0, 0.1) is 0 Å². The predicted octanol–water partition coefficient (Wildman–Crippen LogP) is 4.52. The van der Waals surface area contributed by atoms with E-state index in [1.54, 1.807) is 7.11 Å². The van der Waals surface area contributed by atoms with Gasteiger partial charge in [-0.3, -0.25) is 0 Å². The van der Waals surface area contributed by atoms with Crippen molar-refractivity contribution >= 4 is 23.8 Å². The molecule has 2 aromatic rings. The minimum atomic E-state index is 0.749. The number of methoxy groups -OCH3 is 1. The van der Waals surface area contributed by atoms with Gasteiger partial charge in [0.15, 0.2) is 0 Å². The molecule has 17 heavy (non-hydrogen) atoms. The van der Waals surface area contributed by atoms with E-state index in [0.717, 1.165) is 21.9 Å². The van der Waals surface area contributed by atoms with Gasteiger partial charge in [0.2, 0.25) is 0 Å². The zero-order valence-corrected chi connectivity index (χ0v) is 10.3. The second kappa shape index (κ2) is 5.55. The van der Waals surface area contributed by atoms with Crippen LogP contribution in [0.2, 0.25) is 5.02 Å². The average Bonchev–Trinajstić information content (AvgIpc) is 2.38. The molecule has 0 N–H and O–H groups in total. The molecule has 0 aromatic heterocycles. The molecule has 0 aliphatic heterocycles. The Balaban J connectivity index is 2.29. The van der Waals surface area contributed by atoms with Gasteiger partial charge in [-0.1, -0.05) is 60.2 Å². The van der Waals surface area contributed by atoms with Crippen molar-refractivity contribution in [3.05, 3.63) is 64.7 Å². The highest BCUT2D eigenvalue weighted by atomic mass is 35.5. The van der Waals surface area contributed by atoms with Crippen LogP contribution in [0.5, 0.6) is 5.75 Å². The summed E-state index contributed by atoms with van der Waals surface area (Å²) >= 11 is 6.08. The average molecular weight is 245 g/mol. The number of hydrogen-bond acceptors (Lipinski definition) is 1. The smallest absolute Gasteiger partial charge is 0.126 e. The van der Waals surface area contributed by atoms with Gasteiger partial charge in [-0.2, -0.15) is 0 Å². The lowest BCUT2D eigenvalue weighted by atomic mass is 10.1. The van der Waals surface area contributed by atoms with E-state index >= 15 is 0 Å². The van der Waals surface area contributed by atoms with Crippen molar-refractivity contribution in [2.45, 2.75) is 0 Å². The number of hydrogen-bond donors (Lipinski definition) is 0. The topological polar surface area (TPSA) is 9.23 Å². The monoisotopic (exact) mass is 244 g/mol. The molecule has 0 saturated heterocycles. The number of ether oxygens (including phenoxy) is 1. The molecule has 0 radical (unpaired) electrons. The molecule has 1 nitrogen and oxygen atoms in total. The van der Waals surface area contributed by atoms with E-state index < -0.39 is 0 Å². The Morgan fingerprint density at radius 2 is 1.47 bits per heavy atom. The summed E-state index contributed by atoms with van der Waals surface area (Å²) in [5.74, 6) is 0.857. The summed E-state index contributed by atoms with van der Waals surface area (Å²) in [6.07, 6.45) is 3.99. The molecule has 0 atom stereocenters. The molecule has 0 spiro atoms. The van der Waals surface area contributed by atoms with Gasteiger partial charge >= 0.3 is 0 Å². The summed E-state index contributed by atoms with van der Waals surface area (Å²) in [7, 11) is 1.67. The molecule has 0 unspecified atom stereocenters. The third-order valence-electron chi connectivity index (χ3n) is 2.49. The van der Waals surface area contributed by atoms with E-state index in [-0.39, 0.29) is 0 Å². The molecule has 2 aromatic carbocycles. The van der Waals surface area contributed by atoms with Crippen molar-refractivity contribution in [1.29, 1.82) is 0 Å². The van der Waals surface area contributed by atoms with Gasteiger partial charge < -0.3 is 4.74 Å². The Bertz CT molecular complexity index is 532. The second-order valence-corrected chi connectivity index (χ2v) is 4.00. The fourth-order valence-electron chi connectivity index (χ4n) is 1.59. The first-order valence-corrected chi connectivity index (χ1v) is 5.74. The summed E-state index contributed by atoms with van der Waals surface area (Å²) in [4.78, 5) is 0. The molecule has 0 aliphatic rings. The van der Waals surface area contributed by atoms with E-state index in [1.165, 1.54) is 0 Å². The molecule has 0 aliphatic carbocycles. The summed E-state index contributed by atoms with van der Waals surface area (Å²) in [6.45, 7) is 0. The Morgan fingerprint density at radius 3 is 2.18 bits per heavy atom. The van der Waals surface area contributed by atoms with E-state index in [4.69, 9.17) is 16.3 Å². The zero-order chi connectivity index (χ0) is 12.1. The molecule has 0 heterocycles. The SMILES string of the molecule is COc1ccccc1/C=C\c1ccccc1Cl. The Labute approximate surface area is 106 Å². The van der Waals surface area contributed by atoms with Gasteiger partial charge in [0.25, 0.3) is 0 Å². The first-order valence-electron chi connectivity index (χ1n) is 5.37. The van der Waals surface area contributed by atoms with Crippen LogP contribution < -0.4 is 4.74 Å². The minimum absolute atomic E-state index is 0.749. The lowest BCUT2D eigenvalue weighted by molar-refractivity contribution is 0.414. The van der Waals surface area contributed by atoms with Gasteiger partial charge in [0.1, 0.15) is 5.75 Å². The molecular weight excluding hydrogens is 232 g/mol. The maximum atomic E-state index is 6.08. The minimum Gasteiger partial charge on any atom is -0.496 e. The largest absolute Gasteiger partial charge is 0.496 e. The van der Waals surface area contributed by atoms with E-state index in [2.05, 4.69) is 0 Å². The first-order chi connectivity index (χ1) is 8.31. The lowest BCUT2D eigenvalue weighted by Crippen LogP contribution is -1.85. The van der Waals surface area contributed by atoms with Gasteiger partial charge in [-0.05, 0) is 17.7 Å². The van der Waals surface area contributed by atoms with Crippen LogP contribution in [-0.2, 0) is 0 Å². The molecule has 0 fully saturated rings. The molecular formula is C15H13ClO. The third-order valence-corrected chi connectivity index (χ3v) is 2.83. The Morgan fingerprint density at radius 1 is 0.882 bits per heavy atom. The summed E-state index contributed by atoms with van der Waals surface area (Å²) in [5, 5.41) is 0.749. The highest BCUT2D eigenvalue weighted by Crippen LogP contribution is 2.22. The number of halogens is 1. The van der Waals surface area contributed by atoms with Gasteiger partial charge in [0.05, 0.1) is 7.11 Å². The lowest BCUT2D eigenvalue weighted by Gasteiger charge is -2.03. The second-order valence-electron chi connectivity index (χ2n) is 3.60. The maximum Gasteiger partial charge on any atom is 0.126 e. The number of rotatable bonds is 3. The fraction of sp³-hybridized carbons (Fsp3) is 0.0667. The molecule has 0 saturated carbocycles. The quantitative estimate of drug-likeness (QED) is 0.722. The van der Waals surface area contributed by atoms with Gasteiger partial charge in [0, 0.05) is 10.6 Å². The van der Waals surface area contributed by atoms with Crippen molar-refractivity contribution in [1.82, 2.24) is 0 Å². The van der Waals surface area contributed by atoms with Crippen molar-refractivity contribution in [2.24, 2.45) is 0 Å². The van der Waals surface area contributed by atoms with E-state index in [1.807, 2.05) is 60.7 Å². The van der Waals surface area contributed by atoms with E-state index in [9.17, 15) is 0 Å². The fourth-order valence-corrected chi connectivity index (χ4v) is 1.79. The van der Waals surface area contributed by atoms with Crippen molar-refractivity contribution in [3.8, 4) is 5.75 Å². The molecule has 0 bridgehead atoms. The maximum absolute atomic E-state index is 6.08. The summed E-state index contributed by atoms with van der Waals surface area (Å²) in [5.41, 5.74) is 2.04. The molecule has 2 rings (SSSR count). The third kappa shape index (κ3) is 2.89. The Hall–Kier alpha value is -1.73. The molecule has 2 heteroatoms. The molecule has 0 amide bonds. The first kappa shape index (κ1) is 11.7. The van der Waals surface area contributed by atoms with Crippen molar-refractivity contribution in [2.75, 3.05) is 7.11 Å². The van der Waals surface area contributed by atoms with Crippen LogP contribution in [-0.4, -0.2) is 7.11 Å². The van der Waals surface area contributed by atoms with Crippen LogP contribution in [0.3, 0.4) is 0 Å². The standard InChI is InChI=1S/C15H13ClO/c1-17-15-9-5-3-7-13(15)11-10-12-6-2-4-8-14(12)16/h2-11H,1H3/b11-10-. The normalized spacial score (nSPS) is 10.7. The van der Waals surface area contributed by atoms with Gasteiger partial charge in [-0.15, -0.1) is 0 Å². The number of para-hydroxylation sites is 1. The van der Waals surface area contributed by atoms with Crippen molar-refractivity contribution < 1.29 is 4.74 Å². The summed E-state index contributed by atoms with van der Waals surface area (Å²) in [6, 6.07) is 15.6. The number of benzene rings is 2. The van der Waals surface area contributed by atoms with Crippen LogP contribution in [0.1, 0.15) is 11.1 Å². The highest BCUT2D eigenvalue weighted by Gasteiger charge is 1.98. The summed E-state index contributed by atoms with van der Waals surface area (Å²) < 4.78 is 5.28. The predicted molar refractivity (Wildman–Crippen MR) is 73.4 cm³/mol. The zero-order valence-electron chi connectivity index (χ0n) is 9.56. The van der Waals surface area contributed by atoms with Crippen LogP contribution >= 0.6 is 11.6 Å². The van der Waals surface area contributed by atoms with Crippen LogP contribution in [0.15, 0.2) is 48.5 Å². The highest BCUT2D eigenvalue weighted by molar-refractivity contribution is 6.32. The van der Waals surface area contributed by atoms with Crippen LogP contribution in [0.25, 0.3) is 12.2 Å². The molecule has 86 valence electrons.